The molecule has 110 valence electrons. The number of carbonyl (C=O) groups is 1. The van der Waals surface area contributed by atoms with Crippen molar-refractivity contribution >= 4 is 5.78 Å². The van der Waals surface area contributed by atoms with Crippen LogP contribution in [0, 0.1) is 0 Å². The molecule has 0 spiro atoms. The van der Waals surface area contributed by atoms with Crippen LogP contribution in [-0.4, -0.2) is 29.8 Å². The van der Waals surface area contributed by atoms with Crippen LogP contribution in [0.25, 0.3) is 0 Å². The minimum atomic E-state index is -5.88. The number of allylic oxidation sites excluding steroid dienone is 1. The Morgan fingerprint density at radius 3 is 2.20 bits per heavy atom. The maximum atomic E-state index is 12.7. The molecule has 0 aliphatic heterocycles. The molecule has 0 aliphatic rings. The van der Waals surface area contributed by atoms with E-state index in [1.54, 1.807) is 30.3 Å². The van der Waals surface area contributed by atoms with Crippen LogP contribution in [0.5, 0.6) is 0 Å². The Hall–Kier alpha value is -1.92. The summed E-state index contributed by atoms with van der Waals surface area (Å²) in [4.78, 5) is 12.2. The molecule has 0 unspecified atom stereocenters. The number of alkyl halides is 5. The molecule has 0 fully saturated rings. The molecule has 0 radical (unpaired) electrons. The number of halogens is 5. The van der Waals surface area contributed by atoms with Gasteiger partial charge in [-0.2, -0.15) is 22.0 Å². The molecular formula is C13H12F5NO. The molecule has 0 atom stereocenters. The smallest absolute Gasteiger partial charge is 0.376 e. The third kappa shape index (κ3) is 4.04. The molecule has 1 aromatic carbocycles. The Bertz CT molecular complexity index is 481. The zero-order valence-electron chi connectivity index (χ0n) is 10.5. The van der Waals surface area contributed by atoms with E-state index in [-0.39, 0.29) is 12.6 Å². The summed E-state index contributed by atoms with van der Waals surface area (Å²) in [5.74, 6) is -7.65. The topological polar surface area (TPSA) is 20.3 Å². The third-order valence-corrected chi connectivity index (χ3v) is 2.42. The standard InChI is InChI=1S/C13H12F5NO/c1-19(9-10-5-3-2-4-6-10)8-7-11(20)12(14,15)13(16,17)18/h2-8H,9H2,1H3/b8-7+. The number of rotatable bonds is 5. The Morgan fingerprint density at radius 2 is 1.70 bits per heavy atom. The predicted molar refractivity (Wildman–Crippen MR) is 63.1 cm³/mol. The van der Waals surface area contributed by atoms with Gasteiger partial charge in [0.25, 0.3) is 0 Å². The molecule has 0 bridgehead atoms. The first-order chi connectivity index (χ1) is 9.14. The highest BCUT2D eigenvalue weighted by Gasteiger charge is 2.62. The van der Waals surface area contributed by atoms with Gasteiger partial charge in [0.2, 0.25) is 5.78 Å². The van der Waals surface area contributed by atoms with Crippen LogP contribution >= 0.6 is 0 Å². The molecule has 0 N–H and O–H groups in total. The first-order valence-electron chi connectivity index (χ1n) is 5.56. The Labute approximate surface area is 112 Å². The van der Waals surface area contributed by atoms with E-state index in [1.807, 2.05) is 0 Å². The maximum Gasteiger partial charge on any atom is 0.461 e. The fourth-order valence-corrected chi connectivity index (χ4v) is 1.36. The first kappa shape index (κ1) is 16.1. The van der Waals surface area contributed by atoms with Gasteiger partial charge in [-0.05, 0) is 5.56 Å². The summed E-state index contributed by atoms with van der Waals surface area (Å²) in [7, 11) is 1.46. The van der Waals surface area contributed by atoms with E-state index in [2.05, 4.69) is 0 Å². The van der Waals surface area contributed by atoms with Crippen molar-refractivity contribution in [1.29, 1.82) is 0 Å². The number of hydrogen-bond donors (Lipinski definition) is 0. The predicted octanol–water partition coefficient (Wildman–Crippen LogP) is 3.40. The number of benzene rings is 1. The molecule has 0 heterocycles. The van der Waals surface area contributed by atoms with Gasteiger partial charge >= 0.3 is 12.1 Å². The lowest BCUT2D eigenvalue weighted by Crippen LogP contribution is -2.43. The van der Waals surface area contributed by atoms with Crippen LogP contribution in [0.2, 0.25) is 0 Å². The highest BCUT2D eigenvalue weighted by atomic mass is 19.4. The summed E-state index contributed by atoms with van der Waals surface area (Å²) in [5, 5.41) is 0. The molecule has 0 saturated carbocycles. The zero-order chi connectivity index (χ0) is 15.4. The van der Waals surface area contributed by atoms with Gasteiger partial charge in [0.1, 0.15) is 0 Å². The van der Waals surface area contributed by atoms with E-state index in [9.17, 15) is 26.7 Å². The lowest BCUT2D eigenvalue weighted by molar-refractivity contribution is -0.266. The van der Waals surface area contributed by atoms with E-state index >= 15 is 0 Å². The van der Waals surface area contributed by atoms with Crippen LogP contribution in [0.3, 0.4) is 0 Å². The van der Waals surface area contributed by atoms with Gasteiger partial charge in [-0.3, -0.25) is 4.79 Å². The number of nitrogens with zero attached hydrogens (tertiary/aromatic N) is 1. The summed E-state index contributed by atoms with van der Waals surface area (Å²) in [5.41, 5.74) is 0.828. The van der Waals surface area contributed by atoms with Gasteiger partial charge in [0, 0.05) is 25.9 Å². The van der Waals surface area contributed by atoms with Crippen molar-refractivity contribution < 1.29 is 26.7 Å². The second-order valence-corrected chi connectivity index (χ2v) is 4.15. The second kappa shape index (κ2) is 6.02. The van der Waals surface area contributed by atoms with Crippen molar-refractivity contribution in [2.45, 2.75) is 18.6 Å². The molecule has 0 saturated heterocycles. The fourth-order valence-electron chi connectivity index (χ4n) is 1.36. The van der Waals surface area contributed by atoms with Gasteiger partial charge in [-0.1, -0.05) is 30.3 Å². The average molecular weight is 293 g/mol. The van der Waals surface area contributed by atoms with Crippen molar-refractivity contribution in [3.63, 3.8) is 0 Å². The minimum absolute atomic E-state index is 0.233. The lowest BCUT2D eigenvalue weighted by atomic mass is 10.2. The summed E-state index contributed by atoms with van der Waals surface area (Å²) < 4.78 is 61.1. The van der Waals surface area contributed by atoms with Gasteiger partial charge < -0.3 is 4.90 Å². The minimum Gasteiger partial charge on any atom is -0.376 e. The molecule has 1 aromatic rings. The van der Waals surface area contributed by atoms with Crippen molar-refractivity contribution in [3.05, 3.63) is 48.2 Å². The first-order valence-corrected chi connectivity index (χ1v) is 5.56. The van der Waals surface area contributed by atoms with Gasteiger partial charge in [-0.15, -0.1) is 0 Å². The summed E-state index contributed by atoms with van der Waals surface area (Å²) in [6.45, 7) is 0.280. The van der Waals surface area contributed by atoms with Gasteiger partial charge in [-0.25, -0.2) is 0 Å². The Kier molecular flexibility index (Phi) is 4.86. The van der Waals surface area contributed by atoms with Crippen LogP contribution in [-0.2, 0) is 11.3 Å². The molecular weight excluding hydrogens is 281 g/mol. The molecule has 0 aromatic heterocycles. The van der Waals surface area contributed by atoms with Crippen molar-refractivity contribution in [2.24, 2.45) is 0 Å². The van der Waals surface area contributed by atoms with Crippen LogP contribution < -0.4 is 0 Å². The van der Waals surface area contributed by atoms with E-state index in [1.165, 1.54) is 11.9 Å². The van der Waals surface area contributed by atoms with Crippen LogP contribution in [0.1, 0.15) is 5.56 Å². The Balaban J connectivity index is 2.66. The number of carbonyl (C=O) groups excluding carboxylic acids is 1. The largest absolute Gasteiger partial charge is 0.461 e. The monoisotopic (exact) mass is 293 g/mol. The molecule has 0 aliphatic carbocycles. The zero-order valence-corrected chi connectivity index (χ0v) is 10.5. The molecule has 20 heavy (non-hydrogen) atoms. The lowest BCUT2D eigenvalue weighted by Gasteiger charge is -2.17. The Morgan fingerprint density at radius 1 is 1.15 bits per heavy atom. The quantitative estimate of drug-likeness (QED) is 0.612. The number of hydrogen-bond acceptors (Lipinski definition) is 2. The second-order valence-electron chi connectivity index (χ2n) is 4.15. The fraction of sp³-hybridized carbons (Fsp3) is 0.308. The molecule has 7 heteroatoms. The van der Waals surface area contributed by atoms with E-state index in [0.29, 0.717) is 0 Å². The van der Waals surface area contributed by atoms with Crippen LogP contribution in [0.15, 0.2) is 42.6 Å². The molecule has 1 rings (SSSR count). The van der Waals surface area contributed by atoms with E-state index in [4.69, 9.17) is 0 Å². The summed E-state index contributed by atoms with van der Waals surface area (Å²) >= 11 is 0. The average Bonchev–Trinajstić information content (AvgIpc) is 2.35. The van der Waals surface area contributed by atoms with E-state index < -0.39 is 17.9 Å². The van der Waals surface area contributed by atoms with Crippen LogP contribution in [0.4, 0.5) is 22.0 Å². The summed E-state index contributed by atoms with van der Waals surface area (Å²) in [6.07, 6.45) is -4.75. The maximum absolute atomic E-state index is 12.7. The highest BCUT2D eigenvalue weighted by molar-refractivity contribution is 5.96. The van der Waals surface area contributed by atoms with E-state index in [0.717, 1.165) is 11.8 Å². The van der Waals surface area contributed by atoms with Gasteiger partial charge in [0.15, 0.2) is 0 Å². The number of ketones is 1. The SMILES string of the molecule is CN(/C=C/C(=O)C(F)(F)C(F)(F)F)Cc1ccccc1. The molecule has 0 amide bonds. The normalized spacial score (nSPS) is 12.7. The van der Waals surface area contributed by atoms with Gasteiger partial charge in [0.05, 0.1) is 0 Å². The molecule has 2 nitrogen and oxygen atoms in total. The highest BCUT2D eigenvalue weighted by Crippen LogP contribution is 2.36. The third-order valence-electron chi connectivity index (χ3n) is 2.42. The summed E-state index contributed by atoms with van der Waals surface area (Å²) in [6, 6.07) is 8.82. The van der Waals surface area contributed by atoms with Crippen molar-refractivity contribution in [2.75, 3.05) is 7.05 Å². The van der Waals surface area contributed by atoms with Crippen molar-refractivity contribution in [3.8, 4) is 0 Å². The van der Waals surface area contributed by atoms with Crippen molar-refractivity contribution in [1.82, 2.24) is 4.90 Å².